The van der Waals surface area contributed by atoms with Gasteiger partial charge in [-0.05, 0) is 109 Å². The van der Waals surface area contributed by atoms with Gasteiger partial charge in [-0.2, -0.15) is 0 Å². The molecule has 0 radical (unpaired) electrons. The Labute approximate surface area is 348 Å². The van der Waals surface area contributed by atoms with E-state index in [-0.39, 0.29) is 0 Å². The lowest BCUT2D eigenvalue weighted by Gasteiger charge is -2.26. The Morgan fingerprint density at radius 3 is 1.58 bits per heavy atom. The van der Waals surface area contributed by atoms with Crippen LogP contribution in [0.15, 0.2) is 231 Å². The topological polar surface area (TPSA) is 8.17 Å². The number of hydrogen-bond acceptors (Lipinski definition) is 1. The molecule has 280 valence electrons. The number of anilines is 3. The van der Waals surface area contributed by atoms with Gasteiger partial charge in [0.1, 0.15) is 0 Å². The first kappa shape index (κ1) is 34.1. The van der Waals surface area contributed by atoms with Gasteiger partial charge in [-0.25, -0.2) is 0 Å². The van der Waals surface area contributed by atoms with Gasteiger partial charge < -0.3 is 9.47 Å². The van der Waals surface area contributed by atoms with Crippen molar-refractivity contribution in [2.75, 3.05) is 4.90 Å². The largest absolute Gasteiger partial charge is 0.310 e. The van der Waals surface area contributed by atoms with E-state index in [0.717, 1.165) is 17.1 Å². The zero-order valence-electron chi connectivity index (χ0n) is 32.8. The Morgan fingerprint density at radius 2 is 0.833 bits per heavy atom. The predicted molar refractivity (Wildman–Crippen MR) is 256 cm³/mol. The minimum atomic E-state index is 1.10. The zero-order valence-corrected chi connectivity index (χ0v) is 32.8. The Hall–Kier alpha value is -7.94. The fourth-order valence-corrected chi connectivity index (χ4v) is 9.52. The number of hydrogen-bond donors (Lipinski definition) is 0. The Balaban J connectivity index is 1.19. The number of aromatic nitrogens is 1. The van der Waals surface area contributed by atoms with Crippen LogP contribution >= 0.6 is 0 Å². The molecule has 0 amide bonds. The summed E-state index contributed by atoms with van der Waals surface area (Å²) in [4.78, 5) is 2.42. The van der Waals surface area contributed by atoms with E-state index in [0.29, 0.717) is 0 Å². The van der Waals surface area contributed by atoms with Crippen LogP contribution in [-0.2, 0) is 0 Å². The van der Waals surface area contributed by atoms with Crippen LogP contribution in [-0.4, -0.2) is 4.57 Å². The highest BCUT2D eigenvalue weighted by atomic mass is 15.1. The summed E-state index contributed by atoms with van der Waals surface area (Å²) in [5, 5.41) is 12.3. The molecule has 60 heavy (non-hydrogen) atoms. The maximum atomic E-state index is 2.55. The summed E-state index contributed by atoms with van der Waals surface area (Å²) in [6.07, 6.45) is 0. The van der Waals surface area contributed by atoms with Crippen molar-refractivity contribution in [3.05, 3.63) is 231 Å². The first-order valence-electron chi connectivity index (χ1n) is 20.7. The molecule has 0 saturated heterocycles. The molecule has 1 heterocycles. The van der Waals surface area contributed by atoms with Crippen molar-refractivity contribution < 1.29 is 0 Å². The van der Waals surface area contributed by atoms with Crippen LogP contribution in [0.2, 0.25) is 0 Å². The molecule has 0 aliphatic heterocycles. The fraction of sp³-hybridized carbons (Fsp3) is 0. The monoisotopic (exact) mass is 762 g/mol. The summed E-state index contributed by atoms with van der Waals surface area (Å²) in [6.45, 7) is 0. The van der Waals surface area contributed by atoms with Crippen molar-refractivity contribution in [3.63, 3.8) is 0 Å². The van der Waals surface area contributed by atoms with Crippen LogP contribution in [0.3, 0.4) is 0 Å². The van der Waals surface area contributed by atoms with Crippen LogP contribution in [0.5, 0.6) is 0 Å². The minimum absolute atomic E-state index is 1.10. The standard InChI is InChI=1S/C58H38N2/c1-3-15-39(16-4-1)41-27-30-46(31-28-41)59(47-32-29-40-17-7-8-20-43(40)35-47)48-33-34-55-54(38-48)57-53(42-18-5-2-6-19-42)36-44-21-10-12-24-50(44)58(57)60(55)56-37-45-22-9-11-23-49(45)51-25-13-14-26-52(51)56/h1-38H. The Bertz CT molecular complexity index is 3580. The summed E-state index contributed by atoms with van der Waals surface area (Å²) in [6, 6.07) is 84.4. The molecule has 0 aliphatic rings. The van der Waals surface area contributed by atoms with Crippen molar-refractivity contribution in [1.82, 2.24) is 4.57 Å². The van der Waals surface area contributed by atoms with Crippen LogP contribution < -0.4 is 4.90 Å². The molecule has 0 atom stereocenters. The maximum absolute atomic E-state index is 2.55. The lowest BCUT2D eigenvalue weighted by molar-refractivity contribution is 1.21. The van der Waals surface area contributed by atoms with Crippen molar-refractivity contribution in [1.29, 1.82) is 0 Å². The summed E-state index contributed by atoms with van der Waals surface area (Å²) >= 11 is 0. The zero-order chi connectivity index (χ0) is 39.6. The van der Waals surface area contributed by atoms with Gasteiger partial charge in [0.05, 0.1) is 16.7 Å². The van der Waals surface area contributed by atoms with E-state index in [1.54, 1.807) is 0 Å². The molecule has 2 heteroatoms. The third-order valence-corrected chi connectivity index (χ3v) is 12.3. The lowest BCUT2D eigenvalue weighted by Crippen LogP contribution is -2.10. The molecule has 11 aromatic carbocycles. The molecule has 0 unspecified atom stereocenters. The van der Waals surface area contributed by atoms with Crippen LogP contribution in [0.1, 0.15) is 0 Å². The van der Waals surface area contributed by atoms with Crippen molar-refractivity contribution in [3.8, 4) is 27.9 Å². The molecule has 0 saturated carbocycles. The number of fused-ring (bicyclic) bond motifs is 9. The summed E-state index contributed by atoms with van der Waals surface area (Å²) in [5.74, 6) is 0. The normalized spacial score (nSPS) is 11.7. The van der Waals surface area contributed by atoms with Gasteiger partial charge in [0.15, 0.2) is 0 Å². The molecular formula is C58H38N2. The third-order valence-electron chi connectivity index (χ3n) is 12.3. The van der Waals surface area contributed by atoms with Crippen molar-refractivity contribution in [2.45, 2.75) is 0 Å². The van der Waals surface area contributed by atoms with Gasteiger partial charge >= 0.3 is 0 Å². The third kappa shape index (κ3) is 5.50. The highest BCUT2D eigenvalue weighted by Crippen LogP contribution is 2.47. The second-order valence-electron chi connectivity index (χ2n) is 15.7. The van der Waals surface area contributed by atoms with E-state index in [1.165, 1.54) is 92.8 Å². The smallest absolute Gasteiger partial charge is 0.0626 e. The average Bonchev–Trinajstić information content (AvgIpc) is 3.66. The van der Waals surface area contributed by atoms with Crippen molar-refractivity contribution >= 4 is 82.0 Å². The highest BCUT2D eigenvalue weighted by Gasteiger charge is 2.23. The molecule has 0 fully saturated rings. The second-order valence-corrected chi connectivity index (χ2v) is 15.7. The molecule has 0 spiro atoms. The molecule has 12 rings (SSSR count). The Kier molecular flexibility index (Phi) is 7.89. The number of rotatable bonds is 6. The van der Waals surface area contributed by atoms with Crippen molar-refractivity contribution in [2.24, 2.45) is 0 Å². The van der Waals surface area contributed by atoms with Gasteiger partial charge in [0.25, 0.3) is 0 Å². The van der Waals surface area contributed by atoms with Gasteiger partial charge in [-0.3, -0.25) is 0 Å². The van der Waals surface area contributed by atoms with E-state index >= 15 is 0 Å². The van der Waals surface area contributed by atoms with Gasteiger partial charge in [-0.1, -0.05) is 176 Å². The van der Waals surface area contributed by atoms with Gasteiger partial charge in [0.2, 0.25) is 0 Å². The molecule has 12 aromatic rings. The minimum Gasteiger partial charge on any atom is -0.310 e. The van der Waals surface area contributed by atoms with E-state index in [9.17, 15) is 0 Å². The first-order valence-corrected chi connectivity index (χ1v) is 20.7. The van der Waals surface area contributed by atoms with Gasteiger partial charge in [-0.15, -0.1) is 0 Å². The van der Waals surface area contributed by atoms with E-state index < -0.39 is 0 Å². The summed E-state index contributed by atoms with van der Waals surface area (Å²) in [5.41, 5.74) is 11.7. The predicted octanol–water partition coefficient (Wildman–Crippen LogP) is 16.2. The first-order chi connectivity index (χ1) is 29.8. The number of benzene rings is 11. The SMILES string of the molecule is c1ccc(-c2ccc(N(c3ccc4ccccc4c3)c3ccc4c(c3)c3c(-c5ccccc5)cc5ccccc5c3n4-c3cc4ccccc4c4ccccc34)cc2)cc1. The number of nitrogens with zero attached hydrogens (tertiary/aromatic N) is 2. The van der Waals surface area contributed by atoms with Crippen LogP contribution in [0.4, 0.5) is 17.1 Å². The Morgan fingerprint density at radius 1 is 0.300 bits per heavy atom. The average molecular weight is 763 g/mol. The van der Waals surface area contributed by atoms with E-state index in [4.69, 9.17) is 0 Å². The fourth-order valence-electron chi connectivity index (χ4n) is 9.52. The summed E-state index contributed by atoms with van der Waals surface area (Å²) < 4.78 is 2.55. The quantitative estimate of drug-likeness (QED) is 0.153. The maximum Gasteiger partial charge on any atom is 0.0626 e. The second kappa shape index (κ2) is 13.9. The van der Waals surface area contributed by atoms with Gasteiger partial charge in [0, 0.05) is 38.6 Å². The molecule has 0 N–H and O–H groups in total. The van der Waals surface area contributed by atoms with E-state index in [1.807, 2.05) is 0 Å². The van der Waals surface area contributed by atoms with Crippen LogP contribution in [0.25, 0.3) is 92.8 Å². The highest BCUT2D eigenvalue weighted by molar-refractivity contribution is 6.25. The molecule has 0 aliphatic carbocycles. The molecular weight excluding hydrogens is 725 g/mol. The molecule has 0 bridgehead atoms. The summed E-state index contributed by atoms with van der Waals surface area (Å²) in [7, 11) is 0. The molecule has 2 nitrogen and oxygen atoms in total. The lowest BCUT2D eigenvalue weighted by atomic mass is 9.95. The molecule has 1 aromatic heterocycles. The van der Waals surface area contributed by atoms with E-state index in [2.05, 4.69) is 240 Å². The van der Waals surface area contributed by atoms with Crippen LogP contribution in [0, 0.1) is 0 Å².